The Morgan fingerprint density at radius 2 is 1.76 bits per heavy atom. The average Bonchev–Trinajstić information content (AvgIpc) is 2.66. The number of nitrogens with one attached hydrogen (secondary N) is 2. The summed E-state index contributed by atoms with van der Waals surface area (Å²) in [5, 5.41) is 2.81. The molecule has 0 aliphatic carbocycles. The molecule has 0 unspecified atom stereocenters. The highest BCUT2D eigenvalue weighted by molar-refractivity contribution is 7.98. The second-order valence-electron chi connectivity index (χ2n) is 6.52. The first-order valence-corrected chi connectivity index (χ1v) is 9.65. The molecule has 1 aliphatic rings. The normalized spacial score (nSPS) is 15.7. The number of hydrogen-bond acceptors (Lipinski definition) is 4. The summed E-state index contributed by atoms with van der Waals surface area (Å²) in [6.07, 6.45) is -0.150. The molecule has 9 heteroatoms. The van der Waals surface area contributed by atoms with Crippen LogP contribution in [0.4, 0.5) is 19.0 Å². The van der Waals surface area contributed by atoms with E-state index in [1.54, 1.807) is 12.1 Å². The minimum Gasteiger partial charge on any atom is -0.310 e. The highest BCUT2D eigenvalue weighted by Crippen LogP contribution is 2.36. The molecule has 4 rings (SSSR count). The summed E-state index contributed by atoms with van der Waals surface area (Å²) < 4.78 is 40.5. The van der Waals surface area contributed by atoms with Crippen LogP contribution in [0.25, 0.3) is 0 Å². The Balaban J connectivity index is 1.66. The van der Waals surface area contributed by atoms with Gasteiger partial charge in [0, 0.05) is 24.2 Å². The zero-order valence-corrected chi connectivity index (χ0v) is 15.7. The minimum absolute atomic E-state index is 0.0559. The van der Waals surface area contributed by atoms with E-state index in [2.05, 4.69) is 15.3 Å². The zero-order valence-electron chi connectivity index (χ0n) is 14.8. The molecule has 2 aromatic carbocycles. The Bertz CT molecular complexity index is 1150. The van der Waals surface area contributed by atoms with Crippen molar-refractivity contribution in [1.29, 1.82) is 0 Å². The smallest absolute Gasteiger partial charge is 0.257 e. The Hall–Kier alpha value is -3.07. The summed E-state index contributed by atoms with van der Waals surface area (Å²) in [7, 11) is 0. The predicted octanol–water partition coefficient (Wildman–Crippen LogP) is 3.95. The first kappa shape index (κ1) is 19.3. The number of anilines is 1. The lowest BCUT2D eigenvalue weighted by molar-refractivity contribution is -0.116. The second kappa shape index (κ2) is 7.75. The van der Waals surface area contributed by atoms with Crippen molar-refractivity contribution in [2.45, 2.75) is 23.2 Å². The summed E-state index contributed by atoms with van der Waals surface area (Å²) in [4.78, 5) is 31.7. The quantitative estimate of drug-likeness (QED) is 0.498. The molecule has 2 N–H and O–H groups in total. The fourth-order valence-electron chi connectivity index (χ4n) is 3.20. The van der Waals surface area contributed by atoms with Crippen LogP contribution < -0.4 is 10.9 Å². The number of aromatic amines is 1. The number of fused-ring (bicyclic) bond motifs is 1. The molecule has 0 bridgehead atoms. The summed E-state index contributed by atoms with van der Waals surface area (Å²) in [6, 6.07) is 8.94. The van der Waals surface area contributed by atoms with E-state index in [1.165, 1.54) is 30.0 Å². The van der Waals surface area contributed by atoms with Crippen LogP contribution in [0.5, 0.6) is 0 Å². The Labute approximate surface area is 167 Å². The molecular weight excluding hydrogens is 403 g/mol. The molecule has 2 heterocycles. The lowest BCUT2D eigenvalue weighted by atomic mass is 9.86. The maximum absolute atomic E-state index is 14.3. The maximum Gasteiger partial charge on any atom is 0.257 e. The van der Waals surface area contributed by atoms with Crippen LogP contribution in [-0.2, 0) is 10.5 Å². The second-order valence-corrected chi connectivity index (χ2v) is 7.48. The highest BCUT2D eigenvalue weighted by atomic mass is 32.2. The average molecular weight is 417 g/mol. The largest absolute Gasteiger partial charge is 0.310 e. The van der Waals surface area contributed by atoms with Gasteiger partial charge in [0.1, 0.15) is 23.3 Å². The third kappa shape index (κ3) is 4.04. The van der Waals surface area contributed by atoms with Crippen molar-refractivity contribution in [3.63, 3.8) is 0 Å². The Morgan fingerprint density at radius 3 is 2.48 bits per heavy atom. The molecule has 0 saturated heterocycles. The van der Waals surface area contributed by atoms with Crippen LogP contribution in [0.15, 0.2) is 52.4 Å². The number of aromatic nitrogens is 2. The number of rotatable bonds is 4. The van der Waals surface area contributed by atoms with E-state index in [-0.39, 0.29) is 34.3 Å². The van der Waals surface area contributed by atoms with Crippen LogP contribution in [0.3, 0.4) is 0 Å². The van der Waals surface area contributed by atoms with Crippen LogP contribution >= 0.6 is 11.8 Å². The first-order valence-electron chi connectivity index (χ1n) is 8.67. The van der Waals surface area contributed by atoms with Gasteiger partial charge in [-0.1, -0.05) is 30.0 Å². The molecule has 29 heavy (non-hydrogen) atoms. The zero-order chi connectivity index (χ0) is 20.5. The van der Waals surface area contributed by atoms with Gasteiger partial charge in [-0.3, -0.25) is 9.59 Å². The van der Waals surface area contributed by atoms with Gasteiger partial charge < -0.3 is 10.3 Å². The van der Waals surface area contributed by atoms with Crippen LogP contribution in [-0.4, -0.2) is 15.9 Å². The van der Waals surface area contributed by atoms with Gasteiger partial charge >= 0.3 is 0 Å². The van der Waals surface area contributed by atoms with Crippen LogP contribution in [0.2, 0.25) is 0 Å². The topological polar surface area (TPSA) is 74.8 Å². The standard InChI is InChI=1S/C20H14F3N3O2S/c21-11-3-1-10(2-4-11)9-29-20-25-18-17(19(28)26-20)14(8-16(27)24-18)13-6-5-12(22)7-15(13)23/h1-7,14H,8-9H2,(H2,24,25,26,27,28)/t14-/m0/s1. The molecular formula is C20H14F3N3O2S. The summed E-state index contributed by atoms with van der Waals surface area (Å²) in [6.45, 7) is 0. The molecule has 1 amide bonds. The molecule has 0 spiro atoms. The van der Waals surface area contributed by atoms with Gasteiger partial charge in [0.25, 0.3) is 5.56 Å². The monoisotopic (exact) mass is 417 g/mol. The summed E-state index contributed by atoms with van der Waals surface area (Å²) in [5.41, 5.74) is 0.500. The van der Waals surface area contributed by atoms with Crippen molar-refractivity contribution in [3.8, 4) is 0 Å². The van der Waals surface area contributed by atoms with Gasteiger partial charge in [0.2, 0.25) is 5.91 Å². The molecule has 0 fully saturated rings. The number of hydrogen-bond donors (Lipinski definition) is 2. The number of amides is 1. The number of nitrogens with zero attached hydrogens (tertiary/aromatic N) is 1. The molecule has 1 atom stereocenters. The van der Waals surface area contributed by atoms with Gasteiger partial charge in [-0.25, -0.2) is 18.2 Å². The van der Waals surface area contributed by atoms with Gasteiger partial charge in [-0.2, -0.15) is 0 Å². The highest BCUT2D eigenvalue weighted by Gasteiger charge is 2.32. The van der Waals surface area contributed by atoms with E-state index in [1.807, 2.05) is 0 Å². The maximum atomic E-state index is 14.3. The van der Waals surface area contributed by atoms with Gasteiger partial charge in [-0.15, -0.1) is 0 Å². The van der Waals surface area contributed by atoms with Crippen molar-refractivity contribution >= 4 is 23.5 Å². The molecule has 5 nitrogen and oxygen atoms in total. The van der Waals surface area contributed by atoms with Crippen LogP contribution in [0, 0.1) is 17.5 Å². The Morgan fingerprint density at radius 1 is 1.03 bits per heavy atom. The lowest BCUT2D eigenvalue weighted by Gasteiger charge is -2.24. The lowest BCUT2D eigenvalue weighted by Crippen LogP contribution is -2.31. The van der Waals surface area contributed by atoms with Crippen molar-refractivity contribution in [2.24, 2.45) is 0 Å². The SMILES string of the molecule is O=C1C[C@@H](c2ccc(F)cc2F)c2c(nc(SCc3ccc(F)cc3)[nH]c2=O)N1. The van der Waals surface area contributed by atoms with Crippen molar-refractivity contribution < 1.29 is 18.0 Å². The van der Waals surface area contributed by atoms with Gasteiger partial charge in [0.15, 0.2) is 5.16 Å². The summed E-state index contributed by atoms with van der Waals surface area (Å²) >= 11 is 1.21. The molecule has 1 aliphatic heterocycles. The number of carbonyl (C=O) groups excluding carboxylic acids is 1. The van der Waals surface area contributed by atoms with E-state index in [0.717, 1.165) is 17.7 Å². The van der Waals surface area contributed by atoms with Crippen LogP contribution in [0.1, 0.15) is 29.0 Å². The summed E-state index contributed by atoms with van der Waals surface area (Å²) in [5.74, 6) is -2.73. The van der Waals surface area contributed by atoms with E-state index in [4.69, 9.17) is 0 Å². The third-order valence-corrected chi connectivity index (χ3v) is 5.50. The number of halogens is 3. The van der Waals surface area contributed by atoms with Crippen molar-refractivity contribution in [1.82, 2.24) is 9.97 Å². The fourth-order valence-corrected chi connectivity index (χ4v) is 4.02. The minimum atomic E-state index is -0.869. The predicted molar refractivity (Wildman–Crippen MR) is 102 cm³/mol. The van der Waals surface area contributed by atoms with E-state index in [9.17, 15) is 22.8 Å². The number of H-pyrrole nitrogens is 1. The number of thioether (sulfide) groups is 1. The van der Waals surface area contributed by atoms with Crippen molar-refractivity contribution in [2.75, 3.05) is 5.32 Å². The van der Waals surface area contributed by atoms with E-state index in [0.29, 0.717) is 5.75 Å². The van der Waals surface area contributed by atoms with Gasteiger partial charge in [0.05, 0.1) is 5.56 Å². The van der Waals surface area contributed by atoms with Crippen molar-refractivity contribution in [3.05, 3.63) is 87.0 Å². The first-order chi connectivity index (χ1) is 13.9. The van der Waals surface area contributed by atoms with E-state index < -0.39 is 29.0 Å². The molecule has 3 aromatic rings. The number of carbonyl (C=O) groups is 1. The van der Waals surface area contributed by atoms with E-state index >= 15 is 0 Å². The number of benzene rings is 2. The third-order valence-electron chi connectivity index (χ3n) is 4.56. The molecule has 148 valence electrons. The molecule has 1 aromatic heterocycles. The van der Waals surface area contributed by atoms with Gasteiger partial charge in [-0.05, 0) is 29.3 Å². The Kier molecular flexibility index (Phi) is 5.14. The fraction of sp³-hybridized carbons (Fsp3) is 0.150. The molecule has 0 radical (unpaired) electrons. The molecule has 0 saturated carbocycles.